The normalized spacial score (nSPS) is 10.8. The predicted octanol–water partition coefficient (Wildman–Crippen LogP) is 3.42. The van der Waals surface area contributed by atoms with Crippen LogP contribution < -0.4 is 10.1 Å². The van der Waals surface area contributed by atoms with Crippen molar-refractivity contribution in [2.24, 2.45) is 0 Å². The lowest BCUT2D eigenvalue weighted by Crippen LogP contribution is -2.21. The maximum absolute atomic E-state index is 12.4. The number of carbonyl (C=O) groups is 1. The molecule has 0 unspecified atom stereocenters. The molecule has 2 aromatic heterocycles. The van der Waals surface area contributed by atoms with Gasteiger partial charge in [0.05, 0.1) is 30.4 Å². The van der Waals surface area contributed by atoms with Gasteiger partial charge >= 0.3 is 0 Å². The molecule has 0 radical (unpaired) electrons. The molecule has 0 bridgehead atoms. The third-order valence-corrected chi connectivity index (χ3v) is 5.07. The van der Waals surface area contributed by atoms with Crippen molar-refractivity contribution in [1.82, 2.24) is 20.3 Å². The zero-order valence-electron chi connectivity index (χ0n) is 14.0. The molecule has 26 heavy (non-hydrogen) atoms. The summed E-state index contributed by atoms with van der Waals surface area (Å²) < 4.78 is 7.91. The quantitative estimate of drug-likeness (QED) is 0.589. The summed E-state index contributed by atoms with van der Waals surface area (Å²) in [5, 5.41) is 12.2. The van der Waals surface area contributed by atoms with E-state index in [1.54, 1.807) is 18.0 Å². The highest BCUT2D eigenvalue weighted by molar-refractivity contribution is 7.20. The number of ether oxygens (including phenoxy) is 1. The maximum Gasteiger partial charge on any atom is 0.261 e. The lowest BCUT2D eigenvalue weighted by atomic mass is 10.2. The van der Waals surface area contributed by atoms with Crippen LogP contribution in [0, 0.1) is 0 Å². The van der Waals surface area contributed by atoms with Crippen molar-refractivity contribution < 1.29 is 9.53 Å². The van der Waals surface area contributed by atoms with Crippen LogP contribution in [0.25, 0.3) is 15.8 Å². The molecule has 1 amide bonds. The van der Waals surface area contributed by atoms with Crippen LogP contribution in [0.15, 0.2) is 60.8 Å². The number of aromatic nitrogens is 3. The second-order valence-electron chi connectivity index (χ2n) is 5.68. The molecule has 0 saturated carbocycles. The van der Waals surface area contributed by atoms with Crippen LogP contribution in [0.4, 0.5) is 0 Å². The van der Waals surface area contributed by atoms with Crippen molar-refractivity contribution in [2.45, 2.75) is 6.54 Å². The molecule has 0 saturated heterocycles. The van der Waals surface area contributed by atoms with Crippen LogP contribution in [-0.4, -0.2) is 28.0 Å². The fourth-order valence-electron chi connectivity index (χ4n) is 2.59. The topological polar surface area (TPSA) is 69.0 Å². The third-order valence-electron chi connectivity index (χ3n) is 3.96. The van der Waals surface area contributed by atoms with E-state index >= 15 is 0 Å². The van der Waals surface area contributed by atoms with E-state index in [-0.39, 0.29) is 5.91 Å². The van der Waals surface area contributed by atoms with E-state index in [4.69, 9.17) is 4.74 Å². The molecule has 0 aliphatic heterocycles. The molecule has 130 valence electrons. The van der Waals surface area contributed by atoms with Crippen molar-refractivity contribution in [3.63, 3.8) is 0 Å². The molecule has 2 heterocycles. The van der Waals surface area contributed by atoms with Crippen molar-refractivity contribution in [3.8, 4) is 11.4 Å². The largest absolute Gasteiger partial charge is 0.497 e. The van der Waals surface area contributed by atoms with Crippen molar-refractivity contribution >= 4 is 27.3 Å². The SMILES string of the molecule is COc1ccc(-n2cc(CNC(=O)c3cc4ccccc4s3)nn2)cc1. The molecule has 0 aliphatic rings. The Kier molecular flexibility index (Phi) is 4.37. The number of hydrogen-bond acceptors (Lipinski definition) is 5. The molecule has 7 heteroatoms. The van der Waals surface area contributed by atoms with Crippen LogP contribution in [0.3, 0.4) is 0 Å². The van der Waals surface area contributed by atoms with E-state index in [0.29, 0.717) is 17.1 Å². The summed E-state index contributed by atoms with van der Waals surface area (Å²) >= 11 is 1.48. The molecule has 0 spiro atoms. The summed E-state index contributed by atoms with van der Waals surface area (Å²) in [4.78, 5) is 13.1. The fraction of sp³-hybridized carbons (Fsp3) is 0.105. The van der Waals surface area contributed by atoms with Crippen molar-refractivity contribution in [1.29, 1.82) is 0 Å². The van der Waals surface area contributed by atoms with E-state index in [0.717, 1.165) is 21.5 Å². The van der Waals surface area contributed by atoms with Crippen LogP contribution in [0.1, 0.15) is 15.4 Å². The molecule has 2 aromatic carbocycles. The number of carbonyl (C=O) groups excluding carboxylic acids is 1. The second-order valence-corrected chi connectivity index (χ2v) is 6.77. The van der Waals surface area contributed by atoms with Crippen LogP contribution >= 0.6 is 11.3 Å². The van der Waals surface area contributed by atoms with Gasteiger partial charge in [-0.2, -0.15) is 0 Å². The number of benzene rings is 2. The Labute approximate surface area is 154 Å². The summed E-state index contributed by atoms with van der Waals surface area (Å²) in [7, 11) is 1.63. The van der Waals surface area contributed by atoms with Gasteiger partial charge in [0.2, 0.25) is 0 Å². The number of thiophene rings is 1. The summed E-state index contributed by atoms with van der Waals surface area (Å²) in [5.74, 6) is 0.676. The Morgan fingerprint density at radius 1 is 1.19 bits per heavy atom. The number of rotatable bonds is 5. The average molecular weight is 364 g/mol. The first-order chi connectivity index (χ1) is 12.7. The predicted molar refractivity (Wildman–Crippen MR) is 101 cm³/mol. The Morgan fingerprint density at radius 2 is 2.00 bits per heavy atom. The van der Waals surface area contributed by atoms with E-state index < -0.39 is 0 Å². The van der Waals surface area contributed by atoms with Gasteiger partial charge in [-0.1, -0.05) is 23.4 Å². The minimum absolute atomic E-state index is 0.106. The van der Waals surface area contributed by atoms with E-state index in [1.165, 1.54) is 11.3 Å². The summed E-state index contributed by atoms with van der Waals surface area (Å²) in [6.07, 6.45) is 1.80. The molecule has 0 atom stereocenters. The number of methoxy groups -OCH3 is 1. The van der Waals surface area contributed by atoms with E-state index in [1.807, 2.05) is 54.6 Å². The third kappa shape index (κ3) is 3.29. The summed E-state index contributed by atoms with van der Waals surface area (Å²) in [5.41, 5.74) is 1.57. The number of nitrogens with zero attached hydrogens (tertiary/aromatic N) is 3. The number of nitrogens with one attached hydrogen (secondary N) is 1. The van der Waals surface area contributed by atoms with E-state index in [2.05, 4.69) is 15.6 Å². The Balaban J connectivity index is 1.43. The standard InChI is InChI=1S/C19H16N4O2S/c1-25-16-8-6-15(7-9-16)23-12-14(21-22-23)11-20-19(24)18-10-13-4-2-3-5-17(13)26-18/h2-10,12H,11H2,1H3,(H,20,24). The molecule has 6 nitrogen and oxygen atoms in total. The van der Waals surface area contributed by atoms with Crippen molar-refractivity contribution in [2.75, 3.05) is 7.11 Å². The Bertz CT molecular complexity index is 1020. The highest BCUT2D eigenvalue weighted by Crippen LogP contribution is 2.25. The van der Waals surface area contributed by atoms with Gasteiger partial charge in [-0.25, -0.2) is 4.68 Å². The van der Waals surface area contributed by atoms with Gasteiger partial charge in [-0.15, -0.1) is 16.4 Å². The van der Waals surface area contributed by atoms with Crippen LogP contribution in [-0.2, 0) is 6.54 Å². The molecule has 4 aromatic rings. The zero-order chi connectivity index (χ0) is 17.9. The van der Waals surface area contributed by atoms with Gasteiger partial charge in [0.1, 0.15) is 11.4 Å². The molecular weight excluding hydrogens is 348 g/mol. The van der Waals surface area contributed by atoms with Gasteiger partial charge in [0, 0.05) is 4.70 Å². The molecular formula is C19H16N4O2S. The molecule has 1 N–H and O–H groups in total. The number of hydrogen-bond donors (Lipinski definition) is 1. The Morgan fingerprint density at radius 3 is 2.77 bits per heavy atom. The van der Waals surface area contributed by atoms with Gasteiger partial charge in [-0.05, 0) is 41.8 Å². The molecule has 0 fully saturated rings. The van der Waals surface area contributed by atoms with E-state index in [9.17, 15) is 4.79 Å². The highest BCUT2D eigenvalue weighted by Gasteiger charge is 2.11. The van der Waals surface area contributed by atoms with Crippen LogP contribution in [0.5, 0.6) is 5.75 Å². The average Bonchev–Trinajstić information content (AvgIpc) is 3.33. The lowest BCUT2D eigenvalue weighted by Gasteiger charge is -2.02. The number of amides is 1. The van der Waals surface area contributed by atoms with Gasteiger partial charge in [0.15, 0.2) is 0 Å². The minimum atomic E-state index is -0.106. The zero-order valence-corrected chi connectivity index (χ0v) is 14.9. The maximum atomic E-state index is 12.4. The van der Waals surface area contributed by atoms with Crippen molar-refractivity contribution in [3.05, 3.63) is 71.4 Å². The summed E-state index contributed by atoms with van der Waals surface area (Å²) in [6, 6.07) is 17.4. The molecule has 4 rings (SSSR count). The highest BCUT2D eigenvalue weighted by atomic mass is 32.1. The number of fused-ring (bicyclic) bond motifs is 1. The first kappa shape index (κ1) is 16.3. The smallest absolute Gasteiger partial charge is 0.261 e. The Hall–Kier alpha value is -3.19. The first-order valence-corrected chi connectivity index (χ1v) is 8.87. The summed E-state index contributed by atoms with van der Waals surface area (Å²) in [6.45, 7) is 0.323. The fourth-order valence-corrected chi connectivity index (χ4v) is 3.57. The first-order valence-electron chi connectivity index (χ1n) is 8.05. The van der Waals surface area contributed by atoms with Gasteiger partial charge in [0.25, 0.3) is 5.91 Å². The monoisotopic (exact) mass is 364 g/mol. The van der Waals surface area contributed by atoms with Gasteiger partial charge in [-0.3, -0.25) is 4.79 Å². The van der Waals surface area contributed by atoms with Gasteiger partial charge < -0.3 is 10.1 Å². The molecule has 0 aliphatic carbocycles. The minimum Gasteiger partial charge on any atom is -0.497 e. The second kappa shape index (κ2) is 6.97. The lowest BCUT2D eigenvalue weighted by molar-refractivity contribution is 0.0954. The van der Waals surface area contributed by atoms with Crippen LogP contribution in [0.2, 0.25) is 0 Å².